The molecule has 3 aliphatic rings. The zero-order chi connectivity index (χ0) is 30.3. The third kappa shape index (κ3) is 5.25. The van der Waals surface area contributed by atoms with E-state index in [9.17, 15) is 29.4 Å². The Hall–Kier alpha value is -4.23. The first-order valence-electron chi connectivity index (χ1n) is 12.8. The Morgan fingerprint density at radius 1 is 1.36 bits per heavy atom. The number of aromatic nitrogens is 4. The largest absolute Gasteiger partial charge is 0.478 e. The fraction of sp³-hybridized carbons (Fsp3) is 0.478. The summed E-state index contributed by atoms with van der Waals surface area (Å²) in [5.41, 5.74) is 10.6. The normalized spacial score (nSPS) is 20.3. The van der Waals surface area contributed by atoms with Crippen molar-refractivity contribution in [2.45, 2.75) is 56.9 Å². The molecule has 19 heteroatoms. The van der Waals surface area contributed by atoms with E-state index in [2.05, 4.69) is 25.1 Å². The summed E-state index contributed by atoms with van der Waals surface area (Å²) in [5, 5.41) is 28.3. The first-order valence-corrected chi connectivity index (χ1v) is 14.6. The van der Waals surface area contributed by atoms with Gasteiger partial charge in [-0.2, -0.15) is 9.36 Å². The van der Waals surface area contributed by atoms with Crippen LogP contribution in [0.15, 0.2) is 22.6 Å². The summed E-state index contributed by atoms with van der Waals surface area (Å²) in [5.74, 6) is -3.17. The number of fused-ring (bicyclic) bond motifs is 2. The highest BCUT2D eigenvalue weighted by Gasteiger charge is 2.55. The molecule has 0 radical (unpaired) electrons. The molecule has 3 aliphatic heterocycles. The molecule has 2 aromatic rings. The SMILES string of the molecule is CC(C)(O/N=C(/C(=O)N[C@@H]1C(=O)N2C(C(=O)O)=C(C[n+]3cc(CN)c4n3CCCN4)CS[C@H]12)c1nsc(N)n1)C(=O)O. The number of nitrogens with zero attached hydrogens (tertiary/aromatic N) is 6. The van der Waals surface area contributed by atoms with E-state index < -0.39 is 46.5 Å². The molecule has 1 fully saturated rings. The van der Waals surface area contributed by atoms with Gasteiger partial charge in [-0.15, -0.1) is 21.1 Å². The van der Waals surface area contributed by atoms with Gasteiger partial charge in [-0.3, -0.25) is 14.5 Å². The van der Waals surface area contributed by atoms with Crippen LogP contribution in [0.5, 0.6) is 0 Å². The van der Waals surface area contributed by atoms with Crippen molar-refractivity contribution in [3.8, 4) is 0 Å². The Bertz CT molecular complexity index is 1530. The summed E-state index contributed by atoms with van der Waals surface area (Å²) in [4.78, 5) is 60.5. The van der Waals surface area contributed by atoms with E-state index in [-0.39, 0.29) is 23.2 Å². The molecule has 0 aromatic carbocycles. The molecule has 0 bridgehead atoms. The molecule has 2 amide bonds. The Balaban J connectivity index is 1.37. The molecular weight excluding hydrogens is 592 g/mol. The molecule has 224 valence electrons. The second kappa shape index (κ2) is 11.2. The number of aliphatic carboxylic acids is 2. The predicted molar refractivity (Wildman–Crippen MR) is 149 cm³/mol. The van der Waals surface area contributed by atoms with Crippen LogP contribution in [0.4, 0.5) is 10.9 Å². The third-order valence-electron chi connectivity index (χ3n) is 6.87. The second-order valence-electron chi connectivity index (χ2n) is 10.1. The third-order valence-corrected chi connectivity index (χ3v) is 8.76. The number of hydrogen-bond acceptors (Lipinski definition) is 13. The maximum absolute atomic E-state index is 13.3. The van der Waals surface area contributed by atoms with E-state index in [4.69, 9.17) is 16.3 Å². The van der Waals surface area contributed by atoms with Crippen LogP contribution in [-0.4, -0.2) is 87.9 Å². The van der Waals surface area contributed by atoms with E-state index in [1.165, 1.54) is 30.5 Å². The highest BCUT2D eigenvalue weighted by Crippen LogP contribution is 2.40. The van der Waals surface area contributed by atoms with Crippen molar-refractivity contribution in [2.75, 3.05) is 23.3 Å². The van der Waals surface area contributed by atoms with Crippen molar-refractivity contribution < 1.29 is 38.9 Å². The number of carbonyl (C=O) groups excluding carboxylic acids is 2. The number of rotatable bonds is 10. The molecule has 2 aromatic heterocycles. The van der Waals surface area contributed by atoms with Gasteiger partial charge in [0.15, 0.2) is 17.5 Å². The standard InChI is InChI=1S/C23H28N10O7S2/c1-23(2,21(38)39)40-29-12(15-28-22(25)42-30-15)17(34)27-13-18(35)33-14(20(36)37)11(9-41-19(13)33)8-31-7-10(6-24)16-26-4-3-5-32(16)31/h7,13,19H,3-6,8-9,24H2,1-2H3,(H5,25,27,28,30,34,36,37,38,39)/p+1/b29-12+/t13-,19-/m1/s1. The van der Waals surface area contributed by atoms with Gasteiger partial charge < -0.3 is 37.2 Å². The molecule has 0 aliphatic carbocycles. The van der Waals surface area contributed by atoms with Gasteiger partial charge >= 0.3 is 11.9 Å². The van der Waals surface area contributed by atoms with Crippen LogP contribution in [0.3, 0.4) is 0 Å². The first-order chi connectivity index (χ1) is 19.9. The van der Waals surface area contributed by atoms with E-state index in [0.29, 0.717) is 17.9 Å². The van der Waals surface area contributed by atoms with Crippen LogP contribution in [0.2, 0.25) is 0 Å². The van der Waals surface area contributed by atoms with Crippen molar-refractivity contribution in [1.29, 1.82) is 0 Å². The molecule has 1 saturated heterocycles. The topological polar surface area (TPSA) is 244 Å². The zero-order valence-electron chi connectivity index (χ0n) is 22.6. The quantitative estimate of drug-likeness (QED) is 0.0767. The first kappa shape index (κ1) is 29.3. The summed E-state index contributed by atoms with van der Waals surface area (Å²) in [6.45, 7) is 4.57. The van der Waals surface area contributed by atoms with Crippen LogP contribution in [0, 0.1) is 0 Å². The molecule has 5 rings (SSSR count). The number of amides is 2. The van der Waals surface area contributed by atoms with E-state index in [1.54, 1.807) is 0 Å². The molecule has 0 unspecified atom stereocenters. The van der Waals surface area contributed by atoms with Crippen molar-refractivity contribution in [1.82, 2.24) is 24.3 Å². The lowest BCUT2D eigenvalue weighted by atomic mass is 10.0. The molecule has 42 heavy (non-hydrogen) atoms. The van der Waals surface area contributed by atoms with E-state index in [1.807, 2.05) is 15.6 Å². The highest BCUT2D eigenvalue weighted by molar-refractivity contribution is 8.00. The number of carboxylic acids is 2. The number of nitrogens with two attached hydrogens (primary N) is 2. The van der Waals surface area contributed by atoms with Crippen LogP contribution in [-0.2, 0) is 43.7 Å². The van der Waals surface area contributed by atoms with Crippen LogP contribution in [0.25, 0.3) is 0 Å². The molecule has 8 N–H and O–H groups in total. The Kier molecular flexibility index (Phi) is 7.82. The molecular formula is C23H29N10O7S2+. The van der Waals surface area contributed by atoms with Gasteiger partial charge in [0.25, 0.3) is 11.8 Å². The molecule has 2 atom stereocenters. The molecule has 0 spiro atoms. The number of carboxylic acid groups (broad SMARTS) is 2. The number of thioether (sulfide) groups is 1. The minimum atomic E-state index is -1.79. The lowest BCUT2D eigenvalue weighted by Gasteiger charge is -2.49. The monoisotopic (exact) mass is 621 g/mol. The van der Waals surface area contributed by atoms with Crippen molar-refractivity contribution in [2.24, 2.45) is 10.9 Å². The number of nitrogen functional groups attached to an aromatic ring is 1. The summed E-state index contributed by atoms with van der Waals surface area (Å²) >= 11 is 2.09. The number of anilines is 2. The second-order valence-corrected chi connectivity index (χ2v) is 12.0. The van der Waals surface area contributed by atoms with Crippen molar-refractivity contribution in [3.63, 3.8) is 0 Å². The molecule has 5 heterocycles. The zero-order valence-corrected chi connectivity index (χ0v) is 24.2. The van der Waals surface area contributed by atoms with Crippen LogP contribution >= 0.6 is 23.3 Å². The summed E-state index contributed by atoms with van der Waals surface area (Å²) in [6, 6.07) is -1.09. The van der Waals surface area contributed by atoms with Crippen molar-refractivity contribution >= 4 is 63.7 Å². The van der Waals surface area contributed by atoms with Gasteiger partial charge in [-0.1, -0.05) is 5.16 Å². The summed E-state index contributed by atoms with van der Waals surface area (Å²) in [7, 11) is 0. The van der Waals surface area contributed by atoms with Gasteiger partial charge in [0.1, 0.15) is 17.1 Å². The van der Waals surface area contributed by atoms with Gasteiger partial charge in [-0.25, -0.2) is 9.59 Å². The Labute approximate surface area is 246 Å². The maximum atomic E-state index is 13.3. The van der Waals surface area contributed by atoms with E-state index in [0.717, 1.165) is 42.4 Å². The molecule has 17 nitrogen and oxygen atoms in total. The Morgan fingerprint density at radius 3 is 2.76 bits per heavy atom. The molecule has 0 saturated carbocycles. The van der Waals surface area contributed by atoms with E-state index >= 15 is 0 Å². The Morgan fingerprint density at radius 2 is 2.12 bits per heavy atom. The van der Waals surface area contributed by atoms with Crippen LogP contribution < -0.4 is 26.8 Å². The fourth-order valence-corrected chi connectivity index (χ4v) is 6.46. The van der Waals surface area contributed by atoms with Gasteiger partial charge in [-0.05, 0) is 20.3 Å². The number of oxime groups is 1. The number of β-lactam (4-membered cyclic amide) rings is 1. The number of carbonyl (C=O) groups is 4. The highest BCUT2D eigenvalue weighted by atomic mass is 32.2. The lowest BCUT2D eigenvalue weighted by Crippen LogP contribution is -2.71. The van der Waals surface area contributed by atoms with Gasteiger partial charge in [0.05, 0.1) is 12.1 Å². The summed E-state index contributed by atoms with van der Waals surface area (Å²) < 4.78 is 7.86. The predicted octanol–water partition coefficient (Wildman–Crippen LogP) is -1.49. The number of nitrogens with one attached hydrogen (secondary N) is 2. The average molecular weight is 622 g/mol. The minimum absolute atomic E-state index is 0.0250. The van der Waals surface area contributed by atoms with Crippen LogP contribution in [0.1, 0.15) is 31.7 Å². The van der Waals surface area contributed by atoms with Gasteiger partial charge in [0, 0.05) is 35.9 Å². The van der Waals surface area contributed by atoms with Crippen molar-refractivity contribution in [3.05, 3.63) is 28.9 Å². The lowest BCUT2D eigenvalue weighted by molar-refractivity contribution is -0.768. The minimum Gasteiger partial charge on any atom is -0.478 e. The van der Waals surface area contributed by atoms with Gasteiger partial charge in [0.2, 0.25) is 23.3 Å². The fourth-order valence-electron chi connectivity index (χ4n) is 4.69. The number of hydrogen-bond donors (Lipinski definition) is 6. The smallest absolute Gasteiger partial charge is 0.352 e. The average Bonchev–Trinajstić information content (AvgIpc) is 3.54. The summed E-state index contributed by atoms with van der Waals surface area (Å²) in [6.07, 6.45) is 2.78. The maximum Gasteiger partial charge on any atom is 0.352 e.